The minimum atomic E-state index is -1.25. The molecule has 0 spiro atoms. The van der Waals surface area contributed by atoms with Crippen LogP contribution in [0.1, 0.15) is 22.6 Å². The fourth-order valence-electron chi connectivity index (χ4n) is 1.83. The Bertz CT molecular complexity index is 732. The number of hydrogen-bond acceptors (Lipinski definition) is 5. The number of hydrogen-bond donors (Lipinski definition) is 1. The van der Waals surface area contributed by atoms with E-state index in [1.807, 2.05) is 13.8 Å². The summed E-state index contributed by atoms with van der Waals surface area (Å²) in [5.74, 6) is 0.101. The van der Waals surface area contributed by atoms with E-state index in [2.05, 4.69) is 5.16 Å². The quantitative estimate of drug-likeness (QED) is 0.673. The van der Waals surface area contributed by atoms with Crippen molar-refractivity contribution in [2.45, 2.75) is 20.5 Å². The van der Waals surface area contributed by atoms with Crippen LogP contribution in [0.3, 0.4) is 0 Å². The van der Waals surface area contributed by atoms with Crippen molar-refractivity contribution >= 4 is 12.0 Å². The van der Waals surface area contributed by atoms with Crippen molar-refractivity contribution in [3.8, 4) is 11.8 Å². The number of carbonyl (C=O) groups is 1. The van der Waals surface area contributed by atoms with Crippen molar-refractivity contribution in [3.63, 3.8) is 0 Å². The summed E-state index contributed by atoms with van der Waals surface area (Å²) in [6.45, 7) is 4.01. The number of nitriles is 1. The number of aromatic nitrogens is 1. The zero-order valence-electron chi connectivity index (χ0n) is 12.2. The van der Waals surface area contributed by atoms with Gasteiger partial charge in [-0.3, -0.25) is 0 Å². The zero-order valence-corrected chi connectivity index (χ0v) is 12.2. The Morgan fingerprint density at radius 3 is 2.59 bits per heavy atom. The largest absolute Gasteiger partial charge is 0.489 e. The van der Waals surface area contributed by atoms with Crippen LogP contribution in [0.25, 0.3) is 6.08 Å². The molecule has 0 aliphatic heterocycles. The fourth-order valence-corrected chi connectivity index (χ4v) is 1.83. The molecule has 0 aliphatic carbocycles. The van der Waals surface area contributed by atoms with Gasteiger partial charge in [0.25, 0.3) is 0 Å². The molecule has 6 heteroatoms. The predicted molar refractivity (Wildman–Crippen MR) is 78.0 cm³/mol. The zero-order chi connectivity index (χ0) is 16.1. The van der Waals surface area contributed by atoms with E-state index in [9.17, 15) is 4.79 Å². The number of nitrogens with zero attached hydrogens (tertiary/aromatic N) is 2. The van der Waals surface area contributed by atoms with Crippen molar-refractivity contribution in [1.82, 2.24) is 5.16 Å². The van der Waals surface area contributed by atoms with Crippen LogP contribution < -0.4 is 4.74 Å². The smallest absolute Gasteiger partial charge is 0.346 e. The van der Waals surface area contributed by atoms with Crippen LogP contribution >= 0.6 is 0 Å². The Balaban J connectivity index is 2.07. The minimum Gasteiger partial charge on any atom is -0.489 e. The molecule has 1 aromatic heterocycles. The molecule has 0 unspecified atom stereocenters. The number of aryl methyl sites for hydroxylation is 2. The molecule has 2 rings (SSSR count). The lowest BCUT2D eigenvalue weighted by atomic mass is 10.1. The molecule has 1 N–H and O–H groups in total. The maximum absolute atomic E-state index is 10.8. The van der Waals surface area contributed by atoms with Gasteiger partial charge in [-0.05, 0) is 37.6 Å². The van der Waals surface area contributed by atoms with Gasteiger partial charge in [0.15, 0.2) is 0 Å². The van der Waals surface area contributed by atoms with Gasteiger partial charge in [-0.1, -0.05) is 17.3 Å². The number of ether oxygens (including phenoxy) is 1. The second-order valence-electron chi connectivity index (χ2n) is 4.64. The van der Waals surface area contributed by atoms with Crippen LogP contribution in [0.4, 0.5) is 0 Å². The van der Waals surface area contributed by atoms with Gasteiger partial charge in [0.2, 0.25) is 0 Å². The fraction of sp³-hybridized carbons (Fsp3) is 0.188. The van der Waals surface area contributed by atoms with E-state index in [-0.39, 0.29) is 5.57 Å². The highest BCUT2D eigenvalue weighted by Crippen LogP contribution is 2.18. The monoisotopic (exact) mass is 298 g/mol. The van der Waals surface area contributed by atoms with Crippen molar-refractivity contribution in [3.05, 3.63) is 52.4 Å². The summed E-state index contributed by atoms with van der Waals surface area (Å²) in [6.07, 6.45) is 1.31. The van der Waals surface area contributed by atoms with E-state index in [0.29, 0.717) is 17.9 Å². The van der Waals surface area contributed by atoms with Gasteiger partial charge >= 0.3 is 5.97 Å². The van der Waals surface area contributed by atoms with Crippen molar-refractivity contribution in [1.29, 1.82) is 5.26 Å². The molecule has 0 aliphatic rings. The standard InChI is InChI=1S/C16H14N2O4/c1-10-15(11(2)22-18-10)9-21-14-5-3-12(4-6-14)7-13(8-17)16(19)20/h3-7H,9H2,1-2H3,(H,19,20). The number of carboxylic acids is 1. The molecule has 2 aromatic rings. The third-order valence-electron chi connectivity index (χ3n) is 3.11. The first-order valence-electron chi connectivity index (χ1n) is 6.51. The van der Waals surface area contributed by atoms with Gasteiger partial charge in [0.1, 0.15) is 29.8 Å². The average Bonchev–Trinajstić information content (AvgIpc) is 2.82. The number of aliphatic carboxylic acids is 1. The summed E-state index contributed by atoms with van der Waals surface area (Å²) in [5, 5.41) is 21.4. The first-order chi connectivity index (χ1) is 10.5. The highest BCUT2D eigenvalue weighted by Gasteiger charge is 2.09. The van der Waals surface area contributed by atoms with Gasteiger partial charge < -0.3 is 14.4 Å². The van der Waals surface area contributed by atoms with Gasteiger partial charge in [-0.2, -0.15) is 5.26 Å². The Morgan fingerprint density at radius 2 is 2.09 bits per heavy atom. The molecule has 0 saturated heterocycles. The topological polar surface area (TPSA) is 96.4 Å². The van der Waals surface area contributed by atoms with E-state index in [0.717, 1.165) is 17.0 Å². The van der Waals surface area contributed by atoms with Crippen LogP contribution in [0.5, 0.6) is 5.75 Å². The average molecular weight is 298 g/mol. The van der Waals surface area contributed by atoms with E-state index in [1.54, 1.807) is 30.3 Å². The van der Waals surface area contributed by atoms with Crippen LogP contribution in [0.2, 0.25) is 0 Å². The summed E-state index contributed by atoms with van der Waals surface area (Å²) in [7, 11) is 0. The molecule has 0 fully saturated rings. The molecule has 22 heavy (non-hydrogen) atoms. The molecule has 0 atom stereocenters. The highest BCUT2D eigenvalue weighted by molar-refractivity contribution is 5.96. The lowest BCUT2D eigenvalue weighted by molar-refractivity contribution is -0.132. The van der Waals surface area contributed by atoms with Crippen molar-refractivity contribution < 1.29 is 19.2 Å². The van der Waals surface area contributed by atoms with Crippen LogP contribution in [0, 0.1) is 25.2 Å². The maximum atomic E-state index is 10.8. The molecular weight excluding hydrogens is 284 g/mol. The summed E-state index contributed by atoms with van der Waals surface area (Å²) < 4.78 is 10.7. The molecule has 112 valence electrons. The molecule has 1 heterocycles. The summed E-state index contributed by atoms with van der Waals surface area (Å²) >= 11 is 0. The van der Waals surface area contributed by atoms with E-state index in [4.69, 9.17) is 19.6 Å². The van der Waals surface area contributed by atoms with Gasteiger partial charge in [0.05, 0.1) is 11.3 Å². The molecule has 6 nitrogen and oxygen atoms in total. The Morgan fingerprint density at radius 1 is 1.41 bits per heavy atom. The summed E-state index contributed by atoms with van der Waals surface area (Å²) in [5.41, 5.74) is 1.99. The second-order valence-corrected chi connectivity index (χ2v) is 4.64. The molecule has 0 saturated carbocycles. The van der Waals surface area contributed by atoms with E-state index in [1.165, 1.54) is 6.08 Å². The van der Waals surface area contributed by atoms with E-state index < -0.39 is 5.97 Å². The van der Waals surface area contributed by atoms with Gasteiger partial charge in [0, 0.05) is 0 Å². The van der Waals surface area contributed by atoms with Crippen molar-refractivity contribution in [2.75, 3.05) is 0 Å². The normalized spacial score (nSPS) is 11.0. The molecular formula is C16H14N2O4. The lowest BCUT2D eigenvalue weighted by Gasteiger charge is -2.06. The Labute approximate surface area is 127 Å². The molecule has 0 amide bonds. The first-order valence-corrected chi connectivity index (χ1v) is 6.51. The molecule has 0 bridgehead atoms. The number of carboxylic acid groups (broad SMARTS) is 1. The third-order valence-corrected chi connectivity index (χ3v) is 3.11. The van der Waals surface area contributed by atoms with Crippen LogP contribution in [-0.4, -0.2) is 16.2 Å². The highest BCUT2D eigenvalue weighted by atomic mass is 16.5. The Kier molecular flexibility index (Phi) is 4.59. The third kappa shape index (κ3) is 3.52. The summed E-state index contributed by atoms with van der Waals surface area (Å²) in [4.78, 5) is 10.8. The number of benzene rings is 1. The van der Waals surface area contributed by atoms with Crippen LogP contribution in [-0.2, 0) is 11.4 Å². The minimum absolute atomic E-state index is 0.315. The van der Waals surface area contributed by atoms with Gasteiger partial charge in [-0.25, -0.2) is 4.79 Å². The maximum Gasteiger partial charge on any atom is 0.346 e. The first kappa shape index (κ1) is 15.3. The van der Waals surface area contributed by atoms with E-state index >= 15 is 0 Å². The second kappa shape index (κ2) is 6.59. The van der Waals surface area contributed by atoms with Crippen LogP contribution in [0.15, 0.2) is 34.4 Å². The summed E-state index contributed by atoms with van der Waals surface area (Å²) in [6, 6.07) is 8.42. The number of rotatable bonds is 5. The SMILES string of the molecule is Cc1noc(C)c1COc1ccc(C=C(C#N)C(=O)O)cc1. The predicted octanol–water partition coefficient (Wildman–Crippen LogP) is 2.86. The molecule has 0 radical (unpaired) electrons. The van der Waals surface area contributed by atoms with Gasteiger partial charge in [-0.15, -0.1) is 0 Å². The Hall–Kier alpha value is -3.07. The van der Waals surface area contributed by atoms with Crippen molar-refractivity contribution in [2.24, 2.45) is 0 Å². The lowest BCUT2D eigenvalue weighted by Crippen LogP contribution is -1.98. The molecule has 1 aromatic carbocycles.